The summed E-state index contributed by atoms with van der Waals surface area (Å²) in [6.07, 6.45) is 0.137. The van der Waals surface area contributed by atoms with Crippen LogP contribution in [0.25, 0.3) is 0 Å². The Morgan fingerprint density at radius 1 is 0.538 bits per heavy atom. The third-order valence-electron chi connectivity index (χ3n) is 4.46. The van der Waals surface area contributed by atoms with Gasteiger partial charge in [-0.2, -0.15) is 0 Å². The van der Waals surface area contributed by atoms with Crippen LogP contribution in [-0.4, -0.2) is 156 Å². The fourth-order valence-electron chi connectivity index (χ4n) is 2.69. The van der Waals surface area contributed by atoms with Crippen LogP contribution in [0.15, 0.2) is 0 Å². The van der Waals surface area contributed by atoms with Crippen molar-refractivity contribution in [3.8, 4) is 0 Å². The van der Waals surface area contributed by atoms with Crippen LogP contribution < -0.4 is 5.32 Å². The van der Waals surface area contributed by atoms with Crippen molar-refractivity contribution in [3.05, 3.63) is 0 Å². The first kappa shape index (κ1) is 41.1. The lowest BCUT2D eigenvalue weighted by Gasteiger charge is -2.23. The summed E-state index contributed by atoms with van der Waals surface area (Å²) in [6.45, 7) is 5.20. The second-order valence-corrected chi connectivity index (χ2v) is 7.46. The van der Waals surface area contributed by atoms with Gasteiger partial charge in [-0.25, -0.2) is 0 Å². The van der Waals surface area contributed by atoms with Crippen LogP contribution in [0, 0.1) is 0 Å². The zero-order valence-electron chi connectivity index (χ0n) is 23.3. The third-order valence-corrected chi connectivity index (χ3v) is 4.46. The molecule has 0 rings (SSSR count). The average molecular weight is 572 g/mol. The molecule has 0 bridgehead atoms. The molecule has 232 valence electrons. The Morgan fingerprint density at radius 3 is 1.08 bits per heavy atom. The first-order valence-corrected chi connectivity index (χ1v) is 12.9. The maximum atomic E-state index is 11.8. The van der Waals surface area contributed by atoms with Gasteiger partial charge in [-0.3, -0.25) is 19.2 Å². The van der Waals surface area contributed by atoms with Crippen LogP contribution in [0.1, 0.15) is 39.5 Å². The lowest BCUT2D eigenvalue weighted by molar-refractivity contribution is -0.149. The van der Waals surface area contributed by atoms with Crippen molar-refractivity contribution < 1.29 is 59.3 Å². The van der Waals surface area contributed by atoms with Crippen molar-refractivity contribution in [2.75, 3.05) is 92.1 Å². The van der Waals surface area contributed by atoms with Crippen LogP contribution in [0.4, 0.5) is 0 Å². The molecule has 0 heterocycles. The minimum absolute atomic E-state index is 0.0355. The Kier molecular flexibility index (Phi) is 33.5. The number of amides is 2. The predicted octanol–water partition coefficient (Wildman–Crippen LogP) is -3.15. The quantitative estimate of drug-likeness (QED) is 0.0566. The molecule has 0 saturated heterocycles. The van der Waals surface area contributed by atoms with Crippen molar-refractivity contribution in [2.45, 2.75) is 39.5 Å². The highest BCUT2D eigenvalue weighted by atomic mass is 16.5. The van der Waals surface area contributed by atoms with Gasteiger partial charge in [0.25, 0.3) is 0 Å². The highest BCUT2D eigenvalue weighted by molar-refractivity contribution is 5.83. The molecule has 15 nitrogen and oxygen atoms in total. The van der Waals surface area contributed by atoms with E-state index in [9.17, 15) is 19.2 Å². The van der Waals surface area contributed by atoms with Crippen molar-refractivity contribution in [3.63, 3.8) is 0 Å². The molecule has 0 atom stereocenters. The smallest absolute Gasteiger partial charge is 0.306 e. The number of nitrogens with zero attached hydrogens (tertiary/aromatic N) is 2. The maximum absolute atomic E-state index is 11.8. The first-order valence-electron chi connectivity index (χ1n) is 12.9. The van der Waals surface area contributed by atoms with E-state index < -0.39 is 0 Å². The highest BCUT2D eigenvalue weighted by Gasteiger charge is 2.17. The lowest BCUT2D eigenvalue weighted by Crippen LogP contribution is -2.38. The predicted molar refractivity (Wildman–Crippen MR) is 140 cm³/mol. The van der Waals surface area contributed by atoms with E-state index in [2.05, 4.69) is 14.8 Å². The van der Waals surface area contributed by atoms with E-state index in [-0.39, 0.29) is 115 Å². The van der Waals surface area contributed by atoms with E-state index in [1.54, 1.807) is 13.8 Å². The van der Waals surface area contributed by atoms with Crippen molar-refractivity contribution in [1.29, 1.82) is 0 Å². The monoisotopic (exact) mass is 571 g/mol. The molecule has 15 heteroatoms. The Labute approximate surface area is 230 Å². The Bertz CT molecular complexity index is 549. The zero-order valence-corrected chi connectivity index (χ0v) is 23.3. The van der Waals surface area contributed by atoms with Gasteiger partial charge in [0.15, 0.2) is 0 Å². The number of nitrogens with one attached hydrogen (secondary N) is 1. The Balaban J connectivity index is -0.000000574. The highest BCUT2D eigenvalue weighted by Crippen LogP contribution is 2.02. The Morgan fingerprint density at radius 2 is 0.846 bits per heavy atom. The lowest BCUT2D eigenvalue weighted by atomic mass is 10.2. The molecule has 0 aliphatic carbocycles. The number of hydrogen-bond donors (Lipinski definition) is 7. The molecule has 0 spiro atoms. The minimum Gasteiger partial charge on any atom is -0.466 e. The van der Waals surface area contributed by atoms with E-state index in [0.717, 1.165) is 0 Å². The Hall–Kier alpha value is -2.40. The number of hydrogen-bond acceptors (Lipinski definition) is 13. The molecule has 0 fully saturated rings. The van der Waals surface area contributed by atoms with Gasteiger partial charge in [0.1, 0.15) is 0 Å². The average Bonchev–Trinajstić information content (AvgIpc) is 2.91. The summed E-state index contributed by atoms with van der Waals surface area (Å²) in [5, 5.41) is 54.3. The second kappa shape index (κ2) is 31.8. The van der Waals surface area contributed by atoms with Gasteiger partial charge in [0.2, 0.25) is 11.8 Å². The fourth-order valence-corrected chi connectivity index (χ4v) is 2.69. The number of carbonyl (C=O) groups is 4. The van der Waals surface area contributed by atoms with Crippen LogP contribution in [0.5, 0.6) is 0 Å². The van der Waals surface area contributed by atoms with Crippen molar-refractivity contribution in [2.24, 2.45) is 0 Å². The van der Waals surface area contributed by atoms with Crippen LogP contribution in [0.2, 0.25) is 0 Å². The van der Waals surface area contributed by atoms with Gasteiger partial charge in [-0.05, 0) is 13.8 Å². The summed E-state index contributed by atoms with van der Waals surface area (Å²) in [5.74, 6) is -1.36. The van der Waals surface area contributed by atoms with Crippen molar-refractivity contribution >= 4 is 23.8 Å². The summed E-state index contributed by atoms with van der Waals surface area (Å²) in [4.78, 5) is 47.6. The number of ether oxygens (including phenoxy) is 2. The number of rotatable bonds is 20. The van der Waals surface area contributed by atoms with E-state index in [1.807, 2.05) is 0 Å². The number of aliphatic hydroxyl groups excluding tert-OH is 6. The molecule has 0 unspecified atom stereocenters. The van der Waals surface area contributed by atoms with Crippen LogP contribution in [0.3, 0.4) is 0 Å². The number of esters is 2. The van der Waals surface area contributed by atoms with E-state index >= 15 is 0 Å². The SMILES string of the molecule is CCOC(=O)CCC(=O)OCC.O=C(CCC(=O)N(CCO)CCO)N(CCO)CCO.OCCNCCO. The van der Waals surface area contributed by atoms with E-state index in [0.29, 0.717) is 26.3 Å². The van der Waals surface area contributed by atoms with Gasteiger partial charge in [0, 0.05) is 52.1 Å². The van der Waals surface area contributed by atoms with Gasteiger partial charge in [-0.15, -0.1) is 0 Å². The normalized spacial score (nSPS) is 9.85. The van der Waals surface area contributed by atoms with E-state index in [4.69, 9.17) is 30.6 Å². The summed E-state index contributed by atoms with van der Waals surface area (Å²) < 4.78 is 9.25. The molecule has 7 N–H and O–H groups in total. The van der Waals surface area contributed by atoms with Crippen LogP contribution >= 0.6 is 0 Å². The third kappa shape index (κ3) is 28.4. The van der Waals surface area contributed by atoms with Crippen molar-refractivity contribution in [1.82, 2.24) is 15.1 Å². The first-order chi connectivity index (χ1) is 18.7. The molecule has 0 aromatic carbocycles. The minimum atomic E-state index is -0.356. The summed E-state index contributed by atoms with van der Waals surface area (Å²) in [5.41, 5.74) is 0. The zero-order chi connectivity index (χ0) is 30.3. The second-order valence-electron chi connectivity index (χ2n) is 7.46. The summed E-state index contributed by atoms with van der Waals surface area (Å²) in [7, 11) is 0. The van der Waals surface area contributed by atoms with Gasteiger partial charge in [0.05, 0.1) is 65.7 Å². The molecule has 0 aliphatic rings. The molecule has 2 amide bonds. The summed E-state index contributed by atoms with van der Waals surface area (Å²) >= 11 is 0. The molecule has 0 radical (unpaired) electrons. The van der Waals surface area contributed by atoms with E-state index in [1.165, 1.54) is 9.80 Å². The van der Waals surface area contributed by atoms with Gasteiger partial charge in [-0.1, -0.05) is 0 Å². The number of carbonyl (C=O) groups excluding carboxylic acids is 4. The van der Waals surface area contributed by atoms with Gasteiger partial charge < -0.3 is 55.2 Å². The largest absolute Gasteiger partial charge is 0.466 e. The molecule has 0 aromatic rings. The molecular weight excluding hydrogens is 522 g/mol. The van der Waals surface area contributed by atoms with Gasteiger partial charge >= 0.3 is 11.9 Å². The van der Waals surface area contributed by atoms with Crippen LogP contribution in [-0.2, 0) is 28.7 Å². The summed E-state index contributed by atoms with van der Waals surface area (Å²) in [6, 6.07) is 0. The molecule has 0 aliphatic heterocycles. The molecular formula is C24H49N3O12. The molecule has 0 aromatic heterocycles. The molecule has 0 saturated carbocycles. The fraction of sp³-hybridized carbons (Fsp3) is 0.833. The topological polar surface area (TPSA) is 227 Å². The standard InChI is InChI=1S/C12H24N2O6.C8H14O4.C4H11NO2/c15-7-3-13(4-8-16)11(19)1-2-12(20)14(5-9-17)6-10-18;1-3-11-7(9)5-6-8(10)12-4-2;6-3-1-5-2-4-7/h15-18H,1-10H2;3-6H2,1-2H3;5-7H,1-4H2. The number of aliphatic hydroxyl groups is 6. The molecule has 39 heavy (non-hydrogen) atoms. The maximum Gasteiger partial charge on any atom is 0.306 e.